The first-order valence-corrected chi connectivity index (χ1v) is 6.20. The van der Waals surface area contributed by atoms with Gasteiger partial charge in [-0.25, -0.2) is 4.79 Å². The molecule has 0 N–H and O–H groups in total. The van der Waals surface area contributed by atoms with Crippen LogP contribution in [0.2, 0.25) is 0 Å². The lowest BCUT2D eigenvalue weighted by Gasteiger charge is -2.17. The van der Waals surface area contributed by atoms with Crippen LogP contribution in [0.4, 0.5) is 0 Å². The van der Waals surface area contributed by atoms with Crippen LogP contribution in [0.3, 0.4) is 0 Å². The summed E-state index contributed by atoms with van der Waals surface area (Å²) < 4.78 is 5.11. The molecule has 1 aromatic carbocycles. The maximum atomic E-state index is 11.4. The van der Waals surface area contributed by atoms with Crippen LogP contribution < -0.4 is 0 Å². The second kappa shape index (κ2) is 5.39. The van der Waals surface area contributed by atoms with Gasteiger partial charge in [0.15, 0.2) is 0 Å². The first-order valence-electron chi connectivity index (χ1n) is 5.38. The summed E-state index contributed by atoms with van der Waals surface area (Å²) >= 11 is 1.78. The lowest BCUT2D eigenvalue weighted by atomic mass is 10.2. The van der Waals surface area contributed by atoms with Crippen LogP contribution in [0.15, 0.2) is 29.2 Å². The zero-order chi connectivity index (χ0) is 12.2. The molecule has 0 spiro atoms. The van der Waals surface area contributed by atoms with Crippen molar-refractivity contribution in [3.8, 4) is 0 Å². The number of esters is 1. The van der Waals surface area contributed by atoms with E-state index in [1.165, 1.54) is 4.90 Å². The van der Waals surface area contributed by atoms with Crippen LogP contribution in [-0.4, -0.2) is 17.3 Å². The third kappa shape index (κ3) is 4.27. The topological polar surface area (TPSA) is 26.3 Å². The Balaban J connectivity index is 2.72. The molecule has 0 bridgehead atoms. The van der Waals surface area contributed by atoms with E-state index in [-0.39, 0.29) is 10.7 Å². The van der Waals surface area contributed by atoms with Crippen molar-refractivity contribution in [3.05, 3.63) is 29.8 Å². The Morgan fingerprint density at radius 2 is 1.81 bits per heavy atom. The molecule has 0 amide bonds. The highest BCUT2D eigenvalue weighted by molar-refractivity contribution is 8.00. The zero-order valence-electron chi connectivity index (χ0n) is 10.2. The molecular weight excluding hydrogens is 220 g/mol. The summed E-state index contributed by atoms with van der Waals surface area (Å²) in [6.45, 7) is 8.71. The van der Waals surface area contributed by atoms with Crippen LogP contribution in [-0.2, 0) is 4.74 Å². The van der Waals surface area contributed by atoms with Crippen molar-refractivity contribution in [1.29, 1.82) is 0 Å². The summed E-state index contributed by atoms with van der Waals surface area (Å²) in [5.74, 6) is -0.255. The fourth-order valence-corrected chi connectivity index (χ4v) is 2.21. The Kier molecular flexibility index (Phi) is 4.42. The molecule has 16 heavy (non-hydrogen) atoms. The Morgan fingerprint density at radius 3 is 2.25 bits per heavy atom. The molecule has 0 unspecified atom stereocenters. The van der Waals surface area contributed by atoms with E-state index in [4.69, 9.17) is 4.74 Å². The Morgan fingerprint density at radius 1 is 1.25 bits per heavy atom. The minimum absolute atomic E-state index is 0.186. The van der Waals surface area contributed by atoms with Gasteiger partial charge in [-0.15, -0.1) is 11.8 Å². The minimum atomic E-state index is -0.255. The lowest BCUT2D eigenvalue weighted by molar-refractivity contribution is 0.0526. The summed E-state index contributed by atoms with van der Waals surface area (Å²) in [6.07, 6.45) is 0. The Labute approximate surface area is 101 Å². The van der Waals surface area contributed by atoms with E-state index in [2.05, 4.69) is 20.8 Å². The second-order valence-corrected chi connectivity index (χ2v) is 6.36. The van der Waals surface area contributed by atoms with Crippen LogP contribution in [0, 0.1) is 0 Å². The number of carbonyl (C=O) groups excluding carboxylic acids is 1. The SMILES string of the molecule is CCOC(=O)c1ccc(SC(C)(C)C)cc1. The van der Waals surface area contributed by atoms with Gasteiger partial charge in [0, 0.05) is 9.64 Å². The average molecular weight is 238 g/mol. The van der Waals surface area contributed by atoms with Gasteiger partial charge in [0.1, 0.15) is 0 Å². The summed E-state index contributed by atoms with van der Waals surface area (Å²) in [5.41, 5.74) is 0.611. The zero-order valence-corrected chi connectivity index (χ0v) is 11.1. The van der Waals surface area contributed by atoms with Gasteiger partial charge in [-0.2, -0.15) is 0 Å². The first kappa shape index (κ1) is 13.1. The molecule has 0 radical (unpaired) electrons. The monoisotopic (exact) mass is 238 g/mol. The maximum absolute atomic E-state index is 11.4. The molecule has 0 fully saturated rings. The van der Waals surface area contributed by atoms with Gasteiger partial charge < -0.3 is 4.74 Å². The summed E-state index contributed by atoms with van der Waals surface area (Å²) in [7, 11) is 0. The predicted octanol–water partition coefficient (Wildman–Crippen LogP) is 3.75. The van der Waals surface area contributed by atoms with Gasteiger partial charge in [0.05, 0.1) is 12.2 Å². The van der Waals surface area contributed by atoms with Crippen molar-refractivity contribution in [2.45, 2.75) is 37.3 Å². The highest BCUT2D eigenvalue weighted by atomic mass is 32.2. The fraction of sp³-hybridized carbons (Fsp3) is 0.462. The van der Waals surface area contributed by atoms with Gasteiger partial charge in [-0.05, 0) is 31.2 Å². The first-order chi connectivity index (χ1) is 7.42. The predicted molar refractivity (Wildman–Crippen MR) is 68.0 cm³/mol. The number of thioether (sulfide) groups is 1. The number of ether oxygens (including phenoxy) is 1. The summed E-state index contributed by atoms with van der Waals surface area (Å²) in [6, 6.07) is 7.54. The Hall–Kier alpha value is -0.960. The van der Waals surface area contributed by atoms with E-state index in [1.807, 2.05) is 31.2 Å². The normalized spacial score (nSPS) is 11.2. The minimum Gasteiger partial charge on any atom is -0.462 e. The molecule has 3 heteroatoms. The van der Waals surface area contributed by atoms with Crippen molar-refractivity contribution < 1.29 is 9.53 Å². The number of hydrogen-bond donors (Lipinski definition) is 0. The van der Waals surface area contributed by atoms with E-state index in [0.29, 0.717) is 12.2 Å². The molecule has 0 aliphatic rings. The van der Waals surface area contributed by atoms with Crippen molar-refractivity contribution in [2.75, 3.05) is 6.61 Å². The molecule has 0 saturated heterocycles. The highest BCUT2D eigenvalue weighted by Crippen LogP contribution is 2.31. The highest BCUT2D eigenvalue weighted by Gasteiger charge is 2.12. The number of benzene rings is 1. The van der Waals surface area contributed by atoms with Crippen LogP contribution >= 0.6 is 11.8 Å². The van der Waals surface area contributed by atoms with E-state index in [0.717, 1.165) is 0 Å². The van der Waals surface area contributed by atoms with Crippen molar-refractivity contribution in [1.82, 2.24) is 0 Å². The molecule has 0 aliphatic heterocycles. The van der Waals surface area contributed by atoms with E-state index >= 15 is 0 Å². The maximum Gasteiger partial charge on any atom is 0.338 e. The van der Waals surface area contributed by atoms with E-state index < -0.39 is 0 Å². The lowest BCUT2D eigenvalue weighted by Crippen LogP contribution is -2.07. The molecular formula is C13H18O2S. The fourth-order valence-electron chi connectivity index (χ4n) is 1.23. The summed E-state index contributed by atoms with van der Waals surface area (Å²) in [5, 5.41) is 0. The molecule has 1 rings (SSSR count). The molecule has 1 aromatic rings. The van der Waals surface area contributed by atoms with Gasteiger partial charge in [0.25, 0.3) is 0 Å². The number of hydrogen-bond acceptors (Lipinski definition) is 3. The van der Waals surface area contributed by atoms with Gasteiger partial charge in [-0.3, -0.25) is 0 Å². The molecule has 2 nitrogen and oxygen atoms in total. The molecule has 0 aromatic heterocycles. The van der Waals surface area contributed by atoms with Gasteiger partial charge in [-0.1, -0.05) is 20.8 Å². The van der Waals surface area contributed by atoms with Crippen LogP contribution in [0.25, 0.3) is 0 Å². The van der Waals surface area contributed by atoms with E-state index in [9.17, 15) is 4.79 Å². The van der Waals surface area contributed by atoms with Crippen LogP contribution in [0.1, 0.15) is 38.1 Å². The number of rotatable bonds is 3. The average Bonchev–Trinajstić information content (AvgIpc) is 2.16. The molecule has 0 atom stereocenters. The molecule has 0 saturated carbocycles. The third-order valence-electron chi connectivity index (χ3n) is 1.79. The number of carbonyl (C=O) groups is 1. The standard InChI is InChI=1S/C13H18O2S/c1-5-15-12(14)10-6-8-11(9-7-10)16-13(2,3)4/h6-9H,5H2,1-4H3. The second-order valence-electron chi connectivity index (χ2n) is 4.46. The summed E-state index contributed by atoms with van der Waals surface area (Å²) in [4.78, 5) is 12.6. The molecule has 0 aliphatic carbocycles. The van der Waals surface area contributed by atoms with E-state index in [1.54, 1.807) is 11.8 Å². The van der Waals surface area contributed by atoms with Crippen molar-refractivity contribution >= 4 is 17.7 Å². The largest absolute Gasteiger partial charge is 0.462 e. The van der Waals surface area contributed by atoms with Crippen LogP contribution in [0.5, 0.6) is 0 Å². The quantitative estimate of drug-likeness (QED) is 0.592. The third-order valence-corrected chi connectivity index (χ3v) is 2.91. The van der Waals surface area contributed by atoms with Crippen molar-refractivity contribution in [2.24, 2.45) is 0 Å². The van der Waals surface area contributed by atoms with Crippen molar-refractivity contribution in [3.63, 3.8) is 0 Å². The molecule has 88 valence electrons. The van der Waals surface area contributed by atoms with Gasteiger partial charge >= 0.3 is 5.97 Å². The molecule has 0 heterocycles. The smallest absolute Gasteiger partial charge is 0.338 e. The van der Waals surface area contributed by atoms with Gasteiger partial charge in [0.2, 0.25) is 0 Å². The Bertz CT molecular complexity index is 349.